The number of nitrogens with one attached hydrogen (secondary N) is 1. The Hall–Kier alpha value is -4.33. The van der Waals surface area contributed by atoms with Gasteiger partial charge in [-0.2, -0.15) is 0 Å². The number of rotatable bonds is 11. The van der Waals surface area contributed by atoms with Crippen LogP contribution in [-0.4, -0.2) is 37.7 Å². The van der Waals surface area contributed by atoms with Gasteiger partial charge in [-0.15, -0.1) is 0 Å². The highest BCUT2D eigenvalue weighted by Gasteiger charge is 2.16. The molecule has 1 heterocycles. The Morgan fingerprint density at radius 3 is 2.46 bits per heavy atom. The Balaban J connectivity index is 1.44. The molecule has 1 unspecified atom stereocenters. The van der Waals surface area contributed by atoms with E-state index in [2.05, 4.69) is 10.3 Å². The van der Waals surface area contributed by atoms with Gasteiger partial charge in [-0.3, -0.25) is 9.78 Å². The lowest BCUT2D eigenvalue weighted by Gasteiger charge is -2.18. The molecule has 1 aromatic heterocycles. The van der Waals surface area contributed by atoms with Crippen LogP contribution in [-0.2, 0) is 20.9 Å². The van der Waals surface area contributed by atoms with Crippen LogP contribution in [0.2, 0.25) is 0 Å². The number of nitrogens with zero attached hydrogens (tertiary/aromatic N) is 1. The Kier molecular flexibility index (Phi) is 9.24. The van der Waals surface area contributed by atoms with Crippen LogP contribution in [0.1, 0.15) is 29.8 Å². The van der Waals surface area contributed by atoms with Crippen LogP contribution < -0.4 is 19.5 Å². The van der Waals surface area contributed by atoms with Gasteiger partial charge in [-0.05, 0) is 61.0 Å². The molecule has 0 spiro atoms. The molecule has 3 rings (SSSR count). The number of amides is 1. The van der Waals surface area contributed by atoms with Gasteiger partial charge >= 0.3 is 5.97 Å². The van der Waals surface area contributed by atoms with Crippen LogP contribution in [0.25, 0.3) is 6.08 Å². The van der Waals surface area contributed by atoms with E-state index >= 15 is 0 Å². The first-order valence-corrected chi connectivity index (χ1v) is 11.0. The van der Waals surface area contributed by atoms with Crippen molar-refractivity contribution < 1.29 is 28.5 Å². The standard InChI is InChI=1S/C27H28N2O6/c1-19(24-16-23(32-2)12-13-25(24)33-3)29-26(30)18-35-27(31)14-9-20-7-10-22(11-8-20)34-17-21-6-4-5-15-28-21/h4-16,19H,17-18H2,1-3H3,(H,29,30). The predicted molar refractivity (Wildman–Crippen MR) is 131 cm³/mol. The average Bonchev–Trinajstić information content (AvgIpc) is 2.90. The summed E-state index contributed by atoms with van der Waals surface area (Å²) in [5.41, 5.74) is 2.37. The SMILES string of the molecule is COc1ccc(OC)c(C(C)NC(=O)COC(=O)C=Cc2ccc(OCc3ccccn3)cc2)c1. The number of hydrogen-bond acceptors (Lipinski definition) is 7. The number of carbonyl (C=O) groups excluding carboxylic acids is 2. The number of ether oxygens (including phenoxy) is 4. The molecule has 0 aliphatic rings. The quantitative estimate of drug-likeness (QED) is 0.329. The van der Waals surface area contributed by atoms with E-state index in [1.807, 2.05) is 30.3 Å². The molecule has 2 aromatic carbocycles. The van der Waals surface area contributed by atoms with Crippen molar-refractivity contribution in [2.45, 2.75) is 19.6 Å². The number of aromatic nitrogens is 1. The molecule has 8 heteroatoms. The molecule has 0 fully saturated rings. The fourth-order valence-electron chi connectivity index (χ4n) is 3.20. The number of benzene rings is 2. The van der Waals surface area contributed by atoms with E-state index in [0.717, 1.165) is 16.8 Å². The van der Waals surface area contributed by atoms with E-state index in [0.29, 0.717) is 23.9 Å². The van der Waals surface area contributed by atoms with Crippen LogP contribution in [0.15, 0.2) is 72.9 Å². The summed E-state index contributed by atoms with van der Waals surface area (Å²) in [5.74, 6) is 0.896. The molecule has 182 valence electrons. The Morgan fingerprint density at radius 1 is 1.00 bits per heavy atom. The lowest BCUT2D eigenvalue weighted by atomic mass is 10.1. The normalized spacial score (nSPS) is 11.5. The van der Waals surface area contributed by atoms with Crippen LogP contribution >= 0.6 is 0 Å². The maximum Gasteiger partial charge on any atom is 0.331 e. The zero-order valence-electron chi connectivity index (χ0n) is 19.9. The minimum absolute atomic E-state index is 0.369. The second kappa shape index (κ2) is 12.8. The van der Waals surface area contributed by atoms with E-state index < -0.39 is 18.5 Å². The highest BCUT2D eigenvalue weighted by Crippen LogP contribution is 2.29. The predicted octanol–water partition coefficient (Wildman–Crippen LogP) is 4.11. The molecule has 35 heavy (non-hydrogen) atoms. The maximum atomic E-state index is 12.3. The summed E-state index contributed by atoms with van der Waals surface area (Å²) in [6.07, 6.45) is 4.59. The summed E-state index contributed by atoms with van der Waals surface area (Å²) in [5, 5.41) is 2.79. The molecule has 1 amide bonds. The van der Waals surface area contributed by atoms with Gasteiger partial charge in [-0.25, -0.2) is 4.79 Å². The molecule has 0 aliphatic heterocycles. The van der Waals surface area contributed by atoms with E-state index in [1.165, 1.54) is 6.08 Å². The second-order valence-electron chi connectivity index (χ2n) is 7.52. The fourth-order valence-corrected chi connectivity index (χ4v) is 3.20. The zero-order valence-corrected chi connectivity index (χ0v) is 19.9. The lowest BCUT2D eigenvalue weighted by molar-refractivity contribution is -0.144. The third-order valence-corrected chi connectivity index (χ3v) is 5.03. The lowest BCUT2D eigenvalue weighted by Crippen LogP contribution is -2.31. The summed E-state index contributed by atoms with van der Waals surface area (Å²) in [4.78, 5) is 28.5. The van der Waals surface area contributed by atoms with Crippen molar-refractivity contribution in [1.29, 1.82) is 0 Å². The number of methoxy groups -OCH3 is 2. The van der Waals surface area contributed by atoms with Crippen molar-refractivity contribution in [3.05, 3.63) is 89.8 Å². The molecule has 0 saturated carbocycles. The van der Waals surface area contributed by atoms with Crippen LogP contribution in [0.4, 0.5) is 0 Å². The minimum atomic E-state index is -0.623. The number of pyridine rings is 1. The van der Waals surface area contributed by atoms with E-state index in [-0.39, 0.29) is 6.04 Å². The fraction of sp³-hybridized carbons (Fsp3) is 0.222. The molecular weight excluding hydrogens is 448 g/mol. The van der Waals surface area contributed by atoms with Crippen molar-refractivity contribution in [1.82, 2.24) is 10.3 Å². The molecule has 1 N–H and O–H groups in total. The van der Waals surface area contributed by atoms with Crippen molar-refractivity contribution in [3.8, 4) is 17.2 Å². The summed E-state index contributed by atoms with van der Waals surface area (Å²) in [6, 6.07) is 17.8. The molecule has 0 saturated heterocycles. The van der Waals surface area contributed by atoms with Gasteiger partial charge in [0.15, 0.2) is 6.61 Å². The molecule has 0 bridgehead atoms. The highest BCUT2D eigenvalue weighted by molar-refractivity contribution is 5.89. The first-order chi connectivity index (χ1) is 17.0. The van der Waals surface area contributed by atoms with Crippen LogP contribution in [0, 0.1) is 0 Å². The van der Waals surface area contributed by atoms with Gasteiger partial charge < -0.3 is 24.3 Å². The van der Waals surface area contributed by atoms with Crippen LogP contribution in [0.3, 0.4) is 0 Å². The first-order valence-electron chi connectivity index (χ1n) is 11.0. The monoisotopic (exact) mass is 476 g/mol. The number of hydrogen-bond donors (Lipinski definition) is 1. The second-order valence-corrected chi connectivity index (χ2v) is 7.52. The van der Waals surface area contributed by atoms with Crippen molar-refractivity contribution >= 4 is 18.0 Å². The molecule has 1 atom stereocenters. The number of esters is 1. The van der Waals surface area contributed by atoms with Crippen molar-refractivity contribution in [2.75, 3.05) is 20.8 Å². The number of carbonyl (C=O) groups is 2. The average molecular weight is 477 g/mol. The minimum Gasteiger partial charge on any atom is -0.497 e. The van der Waals surface area contributed by atoms with Gasteiger partial charge in [0, 0.05) is 17.8 Å². The first kappa shape index (κ1) is 25.3. The molecule has 8 nitrogen and oxygen atoms in total. The summed E-state index contributed by atoms with van der Waals surface area (Å²) in [7, 11) is 3.12. The van der Waals surface area contributed by atoms with Gasteiger partial charge in [-0.1, -0.05) is 18.2 Å². The maximum absolute atomic E-state index is 12.3. The Morgan fingerprint density at radius 2 is 1.77 bits per heavy atom. The van der Waals surface area contributed by atoms with Gasteiger partial charge in [0.05, 0.1) is 26.0 Å². The topological polar surface area (TPSA) is 96.0 Å². The molecular formula is C27H28N2O6. The van der Waals surface area contributed by atoms with Gasteiger partial charge in [0.1, 0.15) is 23.9 Å². The van der Waals surface area contributed by atoms with Crippen molar-refractivity contribution in [2.24, 2.45) is 0 Å². The Bertz CT molecular complexity index is 1150. The summed E-state index contributed by atoms with van der Waals surface area (Å²) >= 11 is 0. The highest BCUT2D eigenvalue weighted by atomic mass is 16.5. The van der Waals surface area contributed by atoms with E-state index in [4.69, 9.17) is 18.9 Å². The third kappa shape index (κ3) is 7.89. The largest absolute Gasteiger partial charge is 0.497 e. The summed E-state index contributed by atoms with van der Waals surface area (Å²) in [6.45, 7) is 1.77. The summed E-state index contributed by atoms with van der Waals surface area (Å²) < 4.78 is 21.3. The van der Waals surface area contributed by atoms with E-state index in [9.17, 15) is 9.59 Å². The Labute approximate surface area is 204 Å². The third-order valence-electron chi connectivity index (χ3n) is 5.03. The van der Waals surface area contributed by atoms with E-state index in [1.54, 1.807) is 63.7 Å². The molecule has 3 aromatic rings. The molecule has 0 radical (unpaired) electrons. The van der Waals surface area contributed by atoms with Crippen molar-refractivity contribution in [3.63, 3.8) is 0 Å². The van der Waals surface area contributed by atoms with Crippen LogP contribution in [0.5, 0.6) is 17.2 Å². The zero-order chi connectivity index (χ0) is 25.0. The van der Waals surface area contributed by atoms with Gasteiger partial charge in [0.25, 0.3) is 5.91 Å². The smallest absolute Gasteiger partial charge is 0.331 e. The van der Waals surface area contributed by atoms with Gasteiger partial charge in [0.2, 0.25) is 0 Å². The molecule has 0 aliphatic carbocycles.